The molecule has 0 radical (unpaired) electrons. The molecule has 2 amide bonds. The molecule has 0 aliphatic carbocycles. The zero-order valence-electron chi connectivity index (χ0n) is 31.7. The second-order valence-corrected chi connectivity index (χ2v) is 12.6. The van der Waals surface area contributed by atoms with Gasteiger partial charge in [-0.05, 0) is 95.0 Å². The fourth-order valence-corrected chi connectivity index (χ4v) is 4.86. The predicted molar refractivity (Wildman–Crippen MR) is 220 cm³/mol. The molecule has 0 spiro atoms. The molecular formula is C35H55N17O2. The van der Waals surface area contributed by atoms with E-state index in [1.54, 1.807) is 45.9 Å². The molecular weight excluding hydrogens is 691 g/mol. The van der Waals surface area contributed by atoms with Gasteiger partial charge in [0.15, 0.2) is 0 Å². The summed E-state index contributed by atoms with van der Waals surface area (Å²) < 4.78 is 0. The molecule has 0 aliphatic heterocycles. The monoisotopic (exact) mass is 745 g/mol. The summed E-state index contributed by atoms with van der Waals surface area (Å²) in [6, 6.07) is 10.7. The highest BCUT2D eigenvalue weighted by Gasteiger charge is 2.13. The van der Waals surface area contributed by atoms with Crippen LogP contribution >= 0.6 is 0 Å². The van der Waals surface area contributed by atoms with Gasteiger partial charge < -0.3 is 50.8 Å². The number of carbonyl (C=O) groups excluding carboxylic acids is 2. The molecule has 1 unspecified atom stereocenters. The number of hydrogen-bond acceptors (Lipinski definition) is 10. The quantitative estimate of drug-likeness (QED) is 0.0408. The average molecular weight is 746 g/mol. The molecule has 19 heteroatoms. The summed E-state index contributed by atoms with van der Waals surface area (Å²) in [5.74, 6) is -0.370. The summed E-state index contributed by atoms with van der Waals surface area (Å²) in [4.78, 5) is 25.7. The number of unbranched alkanes of at least 4 members (excludes halogenated alkanes) is 5. The lowest BCUT2D eigenvalue weighted by Crippen LogP contribution is -2.27. The molecule has 0 aliphatic rings. The van der Waals surface area contributed by atoms with Gasteiger partial charge in [-0.3, -0.25) is 15.0 Å². The van der Waals surface area contributed by atoms with Gasteiger partial charge in [-0.15, -0.1) is 20.4 Å². The van der Waals surface area contributed by atoms with E-state index in [1.165, 1.54) is 0 Å². The fourth-order valence-electron chi connectivity index (χ4n) is 4.86. The second kappa shape index (κ2) is 22.4. The second-order valence-electron chi connectivity index (χ2n) is 12.6. The third-order valence-corrected chi connectivity index (χ3v) is 7.64. The summed E-state index contributed by atoms with van der Waals surface area (Å²) in [5.41, 5.74) is 46.8. The number of amidine groups is 1. The van der Waals surface area contributed by atoms with Crippen molar-refractivity contribution >= 4 is 64.0 Å². The first-order valence-electron chi connectivity index (χ1n) is 17.4. The molecule has 2 rings (SSSR count). The number of nitrogens with two attached hydrogens (primary N) is 7. The highest BCUT2D eigenvalue weighted by molar-refractivity contribution is 6.06. The first-order valence-corrected chi connectivity index (χ1v) is 17.4. The van der Waals surface area contributed by atoms with Crippen LogP contribution in [0.25, 0.3) is 0 Å². The number of rotatable bonds is 20. The third kappa shape index (κ3) is 17.1. The predicted octanol–water partition coefficient (Wildman–Crippen LogP) is 2.32. The van der Waals surface area contributed by atoms with Crippen molar-refractivity contribution in [1.29, 1.82) is 0 Å². The van der Waals surface area contributed by atoms with Gasteiger partial charge in [0, 0.05) is 35.3 Å². The number of carbonyl (C=O) groups is 2. The van der Waals surface area contributed by atoms with Gasteiger partial charge in [-0.1, -0.05) is 25.7 Å². The Balaban J connectivity index is 1.90. The minimum absolute atomic E-state index is 0.106. The molecule has 1 atom stereocenters. The number of hydrogen-bond donors (Lipinski definition) is 10. The zero-order valence-corrected chi connectivity index (χ0v) is 31.7. The van der Waals surface area contributed by atoms with Gasteiger partial charge in [0.25, 0.3) is 0 Å². The van der Waals surface area contributed by atoms with E-state index < -0.39 is 0 Å². The van der Waals surface area contributed by atoms with Gasteiger partial charge >= 0.3 is 0 Å². The lowest BCUT2D eigenvalue weighted by atomic mass is 10.0. The number of hydrazone groups is 1. The maximum absolute atomic E-state index is 12.8. The molecule has 0 bridgehead atoms. The van der Waals surface area contributed by atoms with E-state index in [9.17, 15) is 9.59 Å². The van der Waals surface area contributed by atoms with Crippen molar-refractivity contribution in [3.8, 4) is 0 Å². The number of guanidine groups is 3. The van der Waals surface area contributed by atoms with Gasteiger partial charge in [0.05, 0.1) is 23.2 Å². The minimum atomic E-state index is -0.285. The van der Waals surface area contributed by atoms with Gasteiger partial charge in [-0.25, -0.2) is 0 Å². The summed E-state index contributed by atoms with van der Waals surface area (Å²) in [7, 11) is 0. The van der Waals surface area contributed by atoms with Crippen LogP contribution in [0.1, 0.15) is 114 Å². The van der Waals surface area contributed by atoms with Crippen molar-refractivity contribution in [2.45, 2.75) is 92.0 Å². The van der Waals surface area contributed by atoms with Crippen molar-refractivity contribution in [3.63, 3.8) is 0 Å². The Hall–Kier alpha value is -6.53. The highest BCUT2D eigenvalue weighted by atomic mass is 16.2. The minimum Gasteiger partial charge on any atom is -0.386 e. The van der Waals surface area contributed by atoms with Crippen molar-refractivity contribution in [3.05, 3.63) is 58.7 Å². The normalized spacial score (nSPS) is 12.7. The standard InChI is InChI=1S/C35H55N17O2/c1-20(45-49-24(5)36)25-14-26(21(2)46-50-33(37)38)17-29(16-25)43-31(53)12-10-8-6-7-9-11-13-32(54)44-30-18-27(22(3)47-51-34(39)40)15-28(19-30)23(4)48-52-35(41)42/h14-19,22,47H,6-13H2,1-5H3,(H2,36,49)(H,43,53)(H,44,54)(H4,37,38,50)(H4,39,40,51)(H4,41,42,52)/b45-20+,46-21?,48-23+. The van der Waals surface area contributed by atoms with Crippen LogP contribution < -0.4 is 56.2 Å². The van der Waals surface area contributed by atoms with E-state index in [4.69, 9.17) is 40.1 Å². The molecule has 2 aromatic rings. The van der Waals surface area contributed by atoms with Gasteiger partial charge in [0.1, 0.15) is 5.84 Å². The largest absolute Gasteiger partial charge is 0.386 e. The van der Waals surface area contributed by atoms with E-state index >= 15 is 0 Å². The molecule has 0 saturated carbocycles. The Morgan fingerprint density at radius 3 is 1.37 bits per heavy atom. The third-order valence-electron chi connectivity index (χ3n) is 7.64. The molecule has 0 saturated heterocycles. The Labute approximate surface area is 315 Å². The van der Waals surface area contributed by atoms with E-state index in [2.05, 4.69) is 51.8 Å². The SMILES string of the molecule is CC(=NN=C(N)N)c1cc(NC(=O)CCCCCCCCC(=O)Nc2cc(/C(C)=N/N=C(N)N)cc(C(C)NN=C(N)N)c2)cc(/C(C)=N/N=C(/C)N)c1. The van der Waals surface area contributed by atoms with E-state index in [0.29, 0.717) is 58.3 Å². The number of benzene rings is 2. The van der Waals surface area contributed by atoms with Crippen LogP contribution in [0.5, 0.6) is 0 Å². The summed E-state index contributed by atoms with van der Waals surface area (Å²) in [6.07, 6.45) is 5.76. The van der Waals surface area contributed by atoms with Crippen molar-refractivity contribution in [2.24, 2.45) is 75.8 Å². The van der Waals surface area contributed by atoms with E-state index in [1.807, 2.05) is 25.1 Å². The van der Waals surface area contributed by atoms with Crippen LogP contribution in [0.2, 0.25) is 0 Å². The van der Waals surface area contributed by atoms with Crippen LogP contribution in [0.15, 0.2) is 72.1 Å². The molecule has 0 heterocycles. The summed E-state index contributed by atoms with van der Waals surface area (Å²) in [6.45, 7) is 8.80. The number of anilines is 2. The van der Waals surface area contributed by atoms with Crippen molar-refractivity contribution < 1.29 is 9.59 Å². The fraction of sp³-hybridized carbons (Fsp3) is 0.400. The molecule has 0 aromatic heterocycles. The zero-order chi connectivity index (χ0) is 40.2. The summed E-state index contributed by atoms with van der Waals surface area (Å²) >= 11 is 0. The molecule has 54 heavy (non-hydrogen) atoms. The Kier molecular flexibility index (Phi) is 18.1. The van der Waals surface area contributed by atoms with Crippen LogP contribution in [0, 0.1) is 0 Å². The lowest BCUT2D eigenvalue weighted by molar-refractivity contribution is -0.117. The molecule has 19 nitrogen and oxygen atoms in total. The maximum atomic E-state index is 12.8. The number of nitrogens with one attached hydrogen (secondary N) is 3. The van der Waals surface area contributed by atoms with E-state index in [0.717, 1.165) is 49.7 Å². The van der Waals surface area contributed by atoms with Crippen LogP contribution in [0.3, 0.4) is 0 Å². The first-order chi connectivity index (χ1) is 25.5. The van der Waals surface area contributed by atoms with E-state index in [-0.39, 0.29) is 35.7 Å². The lowest BCUT2D eigenvalue weighted by Gasteiger charge is -2.16. The van der Waals surface area contributed by atoms with Crippen LogP contribution in [0.4, 0.5) is 11.4 Å². The Bertz CT molecular complexity index is 1760. The van der Waals surface area contributed by atoms with Gasteiger partial charge in [0.2, 0.25) is 29.7 Å². The number of nitrogens with zero attached hydrogens (tertiary/aromatic N) is 7. The number of amides is 2. The average Bonchev–Trinajstić information content (AvgIpc) is 3.11. The van der Waals surface area contributed by atoms with Crippen LogP contribution in [-0.2, 0) is 9.59 Å². The molecule has 17 N–H and O–H groups in total. The van der Waals surface area contributed by atoms with Gasteiger partial charge in [-0.2, -0.15) is 15.3 Å². The molecule has 0 fully saturated rings. The highest BCUT2D eigenvalue weighted by Crippen LogP contribution is 2.23. The van der Waals surface area contributed by atoms with Crippen molar-refractivity contribution in [2.75, 3.05) is 10.6 Å². The summed E-state index contributed by atoms with van der Waals surface area (Å²) in [5, 5.41) is 33.4. The van der Waals surface area contributed by atoms with Crippen LogP contribution in [-0.4, -0.2) is 52.7 Å². The van der Waals surface area contributed by atoms with Crippen molar-refractivity contribution in [1.82, 2.24) is 5.43 Å². The molecule has 2 aromatic carbocycles. The Morgan fingerprint density at radius 1 is 0.537 bits per heavy atom. The smallest absolute Gasteiger partial charge is 0.224 e. The topological polar surface area (TPSA) is 339 Å². The first kappa shape index (κ1) is 43.6. The maximum Gasteiger partial charge on any atom is 0.224 e. The Morgan fingerprint density at radius 2 is 0.944 bits per heavy atom. The molecule has 292 valence electrons.